The van der Waals surface area contributed by atoms with Gasteiger partial charge in [0.25, 0.3) is 0 Å². The summed E-state index contributed by atoms with van der Waals surface area (Å²) in [6.45, 7) is 2.63. The monoisotopic (exact) mass is 430 g/mol. The highest BCUT2D eigenvalue weighted by molar-refractivity contribution is 6.02. The minimum atomic E-state index is -0.430. The third-order valence-corrected chi connectivity index (χ3v) is 5.90. The summed E-state index contributed by atoms with van der Waals surface area (Å²) in [6, 6.07) is 22.2. The van der Waals surface area contributed by atoms with E-state index in [2.05, 4.69) is 18.2 Å². The van der Waals surface area contributed by atoms with E-state index in [1.54, 1.807) is 14.2 Å². The summed E-state index contributed by atoms with van der Waals surface area (Å²) < 4.78 is 23.3. The Kier molecular flexibility index (Phi) is 5.35. The summed E-state index contributed by atoms with van der Waals surface area (Å²) in [7, 11) is 3.29. The first-order valence-electron chi connectivity index (χ1n) is 10.8. The molecule has 0 saturated heterocycles. The van der Waals surface area contributed by atoms with Crippen LogP contribution in [0.1, 0.15) is 42.3 Å². The molecule has 0 saturated carbocycles. The van der Waals surface area contributed by atoms with E-state index in [-0.39, 0.29) is 6.04 Å². The zero-order chi connectivity index (χ0) is 22.1. The lowest BCUT2D eigenvalue weighted by atomic mass is 9.95. The molecule has 2 aliphatic rings. The highest BCUT2D eigenvalue weighted by atomic mass is 16.5. The first kappa shape index (κ1) is 20.2. The van der Waals surface area contributed by atoms with Crippen LogP contribution < -0.4 is 18.9 Å². The Hall–Kier alpha value is -3.67. The lowest BCUT2D eigenvalue weighted by Gasteiger charge is -2.38. The maximum absolute atomic E-state index is 6.47. The summed E-state index contributed by atoms with van der Waals surface area (Å²) in [5.41, 5.74) is 4.11. The molecule has 3 aromatic carbocycles. The molecule has 0 spiro atoms. The van der Waals surface area contributed by atoms with Gasteiger partial charge in [0.2, 0.25) is 6.23 Å². The minimum Gasteiger partial charge on any atom is -0.494 e. The zero-order valence-corrected chi connectivity index (χ0v) is 18.4. The second-order valence-electron chi connectivity index (χ2n) is 7.69. The first-order valence-corrected chi connectivity index (χ1v) is 10.8. The van der Waals surface area contributed by atoms with Gasteiger partial charge in [0, 0.05) is 12.0 Å². The van der Waals surface area contributed by atoms with Gasteiger partial charge in [-0.2, -0.15) is 5.10 Å². The quantitative estimate of drug-likeness (QED) is 0.528. The van der Waals surface area contributed by atoms with Crippen LogP contribution in [-0.4, -0.2) is 31.5 Å². The van der Waals surface area contributed by atoms with Crippen LogP contribution in [0.5, 0.6) is 23.0 Å². The van der Waals surface area contributed by atoms with Crippen LogP contribution in [0, 0.1) is 0 Å². The van der Waals surface area contributed by atoms with Crippen molar-refractivity contribution in [1.82, 2.24) is 5.01 Å². The van der Waals surface area contributed by atoms with E-state index in [9.17, 15) is 0 Å². The van der Waals surface area contributed by atoms with Gasteiger partial charge in [-0.05, 0) is 55.0 Å². The number of ether oxygens (including phenoxy) is 4. The Labute approximate surface area is 188 Å². The first-order chi connectivity index (χ1) is 15.7. The van der Waals surface area contributed by atoms with E-state index in [1.807, 2.05) is 60.5 Å². The molecule has 2 heterocycles. The van der Waals surface area contributed by atoms with E-state index in [4.69, 9.17) is 24.0 Å². The molecule has 5 rings (SSSR count). The number of hydrogen-bond donors (Lipinski definition) is 0. The van der Waals surface area contributed by atoms with Crippen molar-refractivity contribution >= 4 is 5.71 Å². The second-order valence-corrected chi connectivity index (χ2v) is 7.69. The summed E-state index contributed by atoms with van der Waals surface area (Å²) in [6.07, 6.45) is 0.358. The lowest BCUT2D eigenvalue weighted by Crippen LogP contribution is -2.34. The van der Waals surface area contributed by atoms with Gasteiger partial charge >= 0.3 is 0 Å². The van der Waals surface area contributed by atoms with Crippen molar-refractivity contribution in [2.45, 2.75) is 25.6 Å². The average Bonchev–Trinajstić information content (AvgIpc) is 3.29. The van der Waals surface area contributed by atoms with Gasteiger partial charge in [0.15, 0.2) is 11.5 Å². The molecule has 0 radical (unpaired) electrons. The van der Waals surface area contributed by atoms with Crippen LogP contribution in [0.3, 0.4) is 0 Å². The Morgan fingerprint density at radius 3 is 2.47 bits per heavy atom. The van der Waals surface area contributed by atoms with Crippen LogP contribution in [0.15, 0.2) is 71.8 Å². The van der Waals surface area contributed by atoms with Gasteiger partial charge in [0.05, 0.1) is 38.1 Å². The van der Waals surface area contributed by atoms with Crippen LogP contribution in [0.4, 0.5) is 0 Å². The largest absolute Gasteiger partial charge is 0.494 e. The molecule has 0 aromatic heterocycles. The number of benzene rings is 3. The van der Waals surface area contributed by atoms with Crippen molar-refractivity contribution in [2.24, 2.45) is 5.10 Å². The fraction of sp³-hybridized carbons (Fsp3) is 0.269. The molecule has 2 aliphatic heterocycles. The molecular weight excluding hydrogens is 404 g/mol. The Morgan fingerprint density at radius 2 is 1.72 bits per heavy atom. The molecule has 0 N–H and O–H groups in total. The standard InChI is InChI=1S/C26H26N2O4/c1-4-31-18-14-12-17(13-15-18)21-16-22-19-8-5-6-10-23(19)32-26(28(22)27-21)20-9-7-11-24(29-2)25(20)30-3/h5-15,22,26H,4,16H2,1-3H3/t22-,26-/m1/s1. The molecule has 0 aliphatic carbocycles. The molecule has 6 heteroatoms. The normalized spacial score (nSPS) is 18.8. The van der Waals surface area contributed by atoms with E-state index >= 15 is 0 Å². The molecule has 0 unspecified atom stereocenters. The number of hydrogen-bond acceptors (Lipinski definition) is 6. The Balaban J connectivity index is 1.57. The van der Waals surface area contributed by atoms with Crippen molar-refractivity contribution in [3.8, 4) is 23.0 Å². The van der Waals surface area contributed by atoms with Crippen molar-refractivity contribution in [1.29, 1.82) is 0 Å². The molecule has 3 aromatic rings. The van der Waals surface area contributed by atoms with E-state index in [0.717, 1.165) is 40.3 Å². The maximum atomic E-state index is 6.47. The highest BCUT2D eigenvalue weighted by Crippen LogP contribution is 2.49. The number of fused-ring (bicyclic) bond motifs is 3. The summed E-state index contributed by atoms with van der Waals surface area (Å²) >= 11 is 0. The van der Waals surface area contributed by atoms with Crippen molar-refractivity contribution in [3.63, 3.8) is 0 Å². The Bertz CT molecular complexity index is 1140. The van der Waals surface area contributed by atoms with Gasteiger partial charge < -0.3 is 18.9 Å². The summed E-state index contributed by atoms with van der Waals surface area (Å²) in [4.78, 5) is 0. The van der Waals surface area contributed by atoms with Gasteiger partial charge in [-0.15, -0.1) is 0 Å². The average molecular weight is 431 g/mol. The van der Waals surface area contributed by atoms with Crippen LogP contribution in [0.2, 0.25) is 0 Å². The predicted octanol–water partition coefficient (Wildman–Crippen LogP) is 5.34. The number of rotatable bonds is 6. The fourth-order valence-corrected chi connectivity index (χ4v) is 4.43. The SMILES string of the molecule is CCOc1ccc(C2=NN3[C@H](C2)c2ccccc2O[C@@H]3c2cccc(OC)c2OC)cc1. The fourth-order valence-electron chi connectivity index (χ4n) is 4.43. The van der Waals surface area contributed by atoms with Crippen molar-refractivity contribution in [3.05, 3.63) is 83.4 Å². The molecule has 0 fully saturated rings. The van der Waals surface area contributed by atoms with E-state index in [1.165, 1.54) is 0 Å². The number of hydrazone groups is 1. The van der Waals surface area contributed by atoms with Crippen molar-refractivity contribution in [2.75, 3.05) is 20.8 Å². The van der Waals surface area contributed by atoms with Crippen LogP contribution >= 0.6 is 0 Å². The molecule has 2 atom stereocenters. The molecule has 0 bridgehead atoms. The van der Waals surface area contributed by atoms with Gasteiger partial charge in [-0.1, -0.05) is 24.3 Å². The second kappa shape index (κ2) is 8.46. The molecule has 164 valence electrons. The molecule has 0 amide bonds. The van der Waals surface area contributed by atoms with Gasteiger partial charge in [-0.3, -0.25) is 0 Å². The van der Waals surface area contributed by atoms with Crippen molar-refractivity contribution < 1.29 is 18.9 Å². The molecular formula is C26H26N2O4. The van der Waals surface area contributed by atoms with Crippen LogP contribution in [0.25, 0.3) is 0 Å². The van der Waals surface area contributed by atoms with Crippen LogP contribution in [-0.2, 0) is 0 Å². The lowest BCUT2D eigenvalue weighted by molar-refractivity contribution is -0.0205. The number of methoxy groups -OCH3 is 2. The summed E-state index contributed by atoms with van der Waals surface area (Å²) in [5, 5.41) is 7.08. The van der Waals surface area contributed by atoms with Gasteiger partial charge in [-0.25, -0.2) is 5.01 Å². The topological polar surface area (TPSA) is 52.5 Å². The third-order valence-electron chi connectivity index (χ3n) is 5.90. The maximum Gasteiger partial charge on any atom is 0.217 e. The number of nitrogens with zero attached hydrogens (tertiary/aromatic N) is 2. The van der Waals surface area contributed by atoms with Gasteiger partial charge in [0.1, 0.15) is 11.5 Å². The Morgan fingerprint density at radius 1 is 0.938 bits per heavy atom. The highest BCUT2D eigenvalue weighted by Gasteiger charge is 2.42. The third kappa shape index (κ3) is 3.42. The van der Waals surface area contributed by atoms with E-state index < -0.39 is 6.23 Å². The summed E-state index contributed by atoms with van der Waals surface area (Å²) in [5.74, 6) is 3.05. The minimum absolute atomic E-state index is 0.0717. The smallest absolute Gasteiger partial charge is 0.217 e. The molecule has 32 heavy (non-hydrogen) atoms. The molecule has 6 nitrogen and oxygen atoms in total. The zero-order valence-electron chi connectivity index (χ0n) is 18.4. The number of para-hydroxylation sites is 2. The van der Waals surface area contributed by atoms with E-state index in [0.29, 0.717) is 18.1 Å². The predicted molar refractivity (Wildman–Crippen MR) is 123 cm³/mol.